The van der Waals surface area contributed by atoms with Gasteiger partial charge in [0.15, 0.2) is 0 Å². The van der Waals surface area contributed by atoms with E-state index in [1.165, 1.54) is 18.5 Å². The van der Waals surface area contributed by atoms with Crippen LogP contribution in [0.1, 0.15) is 24.2 Å². The summed E-state index contributed by atoms with van der Waals surface area (Å²) in [4.78, 5) is 26.4. The van der Waals surface area contributed by atoms with Gasteiger partial charge in [-0.15, -0.1) is 0 Å². The fourth-order valence-electron chi connectivity index (χ4n) is 1.54. The number of amides is 2. The van der Waals surface area contributed by atoms with E-state index < -0.39 is 12.0 Å². The molecule has 1 aromatic rings. The number of hydrogen-bond donors (Lipinski definition) is 3. The molecule has 1 heterocycles. The molecule has 2 amide bonds. The SMILES string of the molecule is COCC(NC(=O)Nc1cncc(C(=O)O)c1)C(C)C. The number of aromatic nitrogens is 1. The zero-order chi connectivity index (χ0) is 15.1. The van der Waals surface area contributed by atoms with Crippen molar-refractivity contribution in [2.45, 2.75) is 19.9 Å². The van der Waals surface area contributed by atoms with E-state index in [0.717, 1.165) is 0 Å². The second kappa shape index (κ2) is 7.44. The molecular weight excluding hydrogens is 262 g/mol. The number of carboxylic acid groups (broad SMARTS) is 1. The number of carbonyl (C=O) groups is 2. The number of urea groups is 1. The van der Waals surface area contributed by atoms with Crippen LogP contribution >= 0.6 is 0 Å². The quantitative estimate of drug-likeness (QED) is 0.735. The van der Waals surface area contributed by atoms with Crippen LogP contribution in [-0.2, 0) is 4.74 Å². The highest BCUT2D eigenvalue weighted by Crippen LogP contribution is 2.09. The van der Waals surface area contributed by atoms with Gasteiger partial charge in [-0.25, -0.2) is 9.59 Å². The molecule has 0 saturated carbocycles. The van der Waals surface area contributed by atoms with Gasteiger partial charge in [-0.1, -0.05) is 13.8 Å². The standard InChI is InChI=1S/C13H19N3O4/c1-8(2)11(7-20-3)16-13(19)15-10-4-9(12(17)18)5-14-6-10/h4-6,8,11H,7H2,1-3H3,(H,17,18)(H2,15,16,19). The molecule has 1 aromatic heterocycles. The summed E-state index contributed by atoms with van der Waals surface area (Å²) in [5, 5.41) is 14.2. The van der Waals surface area contributed by atoms with E-state index in [4.69, 9.17) is 9.84 Å². The maximum Gasteiger partial charge on any atom is 0.337 e. The number of nitrogens with zero attached hydrogens (tertiary/aromatic N) is 1. The summed E-state index contributed by atoms with van der Waals surface area (Å²) < 4.78 is 5.03. The number of rotatable bonds is 6. The van der Waals surface area contributed by atoms with E-state index in [2.05, 4.69) is 15.6 Å². The smallest absolute Gasteiger partial charge is 0.337 e. The van der Waals surface area contributed by atoms with E-state index in [9.17, 15) is 9.59 Å². The number of nitrogens with one attached hydrogen (secondary N) is 2. The summed E-state index contributed by atoms with van der Waals surface area (Å²) in [7, 11) is 1.56. The van der Waals surface area contributed by atoms with E-state index in [1.54, 1.807) is 7.11 Å². The summed E-state index contributed by atoms with van der Waals surface area (Å²) in [6.45, 7) is 4.34. The number of aromatic carboxylic acids is 1. The lowest BCUT2D eigenvalue weighted by Crippen LogP contribution is -2.43. The minimum Gasteiger partial charge on any atom is -0.478 e. The van der Waals surface area contributed by atoms with Crippen LogP contribution in [0.4, 0.5) is 10.5 Å². The van der Waals surface area contributed by atoms with Gasteiger partial charge in [0.05, 0.1) is 30.1 Å². The maximum atomic E-state index is 11.8. The Balaban J connectivity index is 2.65. The number of anilines is 1. The molecule has 7 heteroatoms. The molecule has 1 rings (SSSR count). The zero-order valence-electron chi connectivity index (χ0n) is 11.7. The molecule has 0 spiro atoms. The molecule has 0 saturated heterocycles. The number of carboxylic acids is 1. The maximum absolute atomic E-state index is 11.8. The van der Waals surface area contributed by atoms with Crippen molar-refractivity contribution in [1.82, 2.24) is 10.3 Å². The van der Waals surface area contributed by atoms with Crippen LogP contribution in [0.25, 0.3) is 0 Å². The van der Waals surface area contributed by atoms with Gasteiger partial charge in [0.1, 0.15) is 0 Å². The van der Waals surface area contributed by atoms with Crippen molar-refractivity contribution in [3.05, 3.63) is 24.0 Å². The number of methoxy groups -OCH3 is 1. The van der Waals surface area contributed by atoms with Crippen LogP contribution in [-0.4, -0.2) is 41.8 Å². The van der Waals surface area contributed by atoms with Crippen molar-refractivity contribution in [2.75, 3.05) is 19.0 Å². The number of carbonyl (C=O) groups excluding carboxylic acids is 1. The van der Waals surface area contributed by atoms with Gasteiger partial charge in [0.25, 0.3) is 0 Å². The van der Waals surface area contributed by atoms with E-state index >= 15 is 0 Å². The Bertz CT molecular complexity index is 476. The first kappa shape index (κ1) is 15.9. The summed E-state index contributed by atoms with van der Waals surface area (Å²) >= 11 is 0. The van der Waals surface area contributed by atoms with Crippen molar-refractivity contribution in [3.8, 4) is 0 Å². The van der Waals surface area contributed by atoms with Crippen molar-refractivity contribution in [3.63, 3.8) is 0 Å². The summed E-state index contributed by atoms with van der Waals surface area (Å²) in [6, 6.07) is 0.788. The second-order valence-electron chi connectivity index (χ2n) is 4.67. The topological polar surface area (TPSA) is 101 Å². The lowest BCUT2D eigenvalue weighted by Gasteiger charge is -2.21. The number of hydrogen-bond acceptors (Lipinski definition) is 4. The molecule has 0 aliphatic carbocycles. The predicted molar refractivity (Wildman–Crippen MR) is 73.9 cm³/mol. The first-order valence-corrected chi connectivity index (χ1v) is 6.18. The van der Waals surface area contributed by atoms with Gasteiger partial charge < -0.3 is 20.5 Å². The van der Waals surface area contributed by atoms with Crippen LogP contribution in [0.3, 0.4) is 0 Å². The largest absolute Gasteiger partial charge is 0.478 e. The van der Waals surface area contributed by atoms with Crippen LogP contribution in [0.15, 0.2) is 18.5 Å². The summed E-state index contributed by atoms with van der Waals surface area (Å²) in [5.41, 5.74) is 0.336. The fraction of sp³-hybridized carbons (Fsp3) is 0.462. The molecular formula is C13H19N3O4. The molecule has 0 aliphatic heterocycles. The average Bonchev–Trinajstić information content (AvgIpc) is 2.38. The lowest BCUT2D eigenvalue weighted by atomic mass is 10.1. The van der Waals surface area contributed by atoms with Crippen molar-refractivity contribution < 1.29 is 19.4 Å². The van der Waals surface area contributed by atoms with Gasteiger partial charge >= 0.3 is 12.0 Å². The van der Waals surface area contributed by atoms with Crippen LogP contribution < -0.4 is 10.6 Å². The third-order valence-electron chi connectivity index (χ3n) is 2.71. The molecule has 7 nitrogen and oxygen atoms in total. The molecule has 1 atom stereocenters. The van der Waals surface area contributed by atoms with Crippen molar-refractivity contribution in [1.29, 1.82) is 0 Å². The Morgan fingerprint density at radius 2 is 2.10 bits per heavy atom. The van der Waals surface area contributed by atoms with Crippen LogP contribution in [0.2, 0.25) is 0 Å². The minimum atomic E-state index is -1.10. The molecule has 0 bridgehead atoms. The third kappa shape index (κ3) is 4.85. The molecule has 110 valence electrons. The predicted octanol–water partition coefficient (Wildman–Crippen LogP) is 1.57. The third-order valence-corrected chi connectivity index (χ3v) is 2.71. The molecule has 0 aromatic carbocycles. The van der Waals surface area contributed by atoms with Crippen LogP contribution in [0.5, 0.6) is 0 Å². The van der Waals surface area contributed by atoms with Crippen LogP contribution in [0, 0.1) is 5.92 Å². The zero-order valence-corrected chi connectivity index (χ0v) is 11.7. The fourth-order valence-corrected chi connectivity index (χ4v) is 1.54. The first-order chi connectivity index (χ1) is 9.43. The number of pyridine rings is 1. The Morgan fingerprint density at radius 1 is 1.40 bits per heavy atom. The lowest BCUT2D eigenvalue weighted by molar-refractivity contribution is 0.0696. The highest BCUT2D eigenvalue weighted by Gasteiger charge is 2.16. The molecule has 0 aliphatic rings. The van der Waals surface area contributed by atoms with Gasteiger partial charge in [-0.3, -0.25) is 4.98 Å². The van der Waals surface area contributed by atoms with E-state index in [0.29, 0.717) is 12.3 Å². The monoisotopic (exact) mass is 281 g/mol. The molecule has 3 N–H and O–H groups in total. The molecule has 20 heavy (non-hydrogen) atoms. The van der Waals surface area contributed by atoms with E-state index in [1.807, 2.05) is 13.8 Å². The highest BCUT2D eigenvalue weighted by molar-refractivity contribution is 5.92. The molecule has 1 unspecified atom stereocenters. The Morgan fingerprint density at radius 3 is 2.65 bits per heavy atom. The van der Waals surface area contributed by atoms with Crippen molar-refractivity contribution in [2.24, 2.45) is 5.92 Å². The number of ether oxygens (including phenoxy) is 1. The van der Waals surface area contributed by atoms with Gasteiger partial charge in [0.2, 0.25) is 0 Å². The van der Waals surface area contributed by atoms with Gasteiger partial charge in [0, 0.05) is 13.3 Å². The molecule has 0 radical (unpaired) electrons. The van der Waals surface area contributed by atoms with E-state index in [-0.39, 0.29) is 17.5 Å². The summed E-state index contributed by atoms with van der Waals surface area (Å²) in [6.07, 6.45) is 2.60. The average molecular weight is 281 g/mol. The normalized spacial score (nSPS) is 12.0. The van der Waals surface area contributed by atoms with Crippen molar-refractivity contribution >= 4 is 17.7 Å². The molecule has 0 fully saturated rings. The highest BCUT2D eigenvalue weighted by atomic mass is 16.5. The summed E-state index contributed by atoms with van der Waals surface area (Å²) in [5.74, 6) is -0.884. The van der Waals surface area contributed by atoms with Gasteiger partial charge in [-0.05, 0) is 12.0 Å². The Hall–Kier alpha value is -2.15. The second-order valence-corrected chi connectivity index (χ2v) is 4.67. The Kier molecular flexibility index (Phi) is 5.92. The van der Waals surface area contributed by atoms with Gasteiger partial charge in [-0.2, -0.15) is 0 Å². The minimum absolute atomic E-state index is 0.0140. The first-order valence-electron chi connectivity index (χ1n) is 6.18. The Labute approximate surface area is 117 Å².